The average Bonchev–Trinajstić information content (AvgIpc) is 2.78. The highest BCUT2D eigenvalue weighted by Gasteiger charge is 2.14. The number of H-pyrrole nitrogens is 1. The Bertz CT molecular complexity index is 833. The predicted molar refractivity (Wildman–Crippen MR) is 74.2 cm³/mol. The SMILES string of the molecule is O=C(O)Oc1cc(=O)n(-c2ccc(S(=O)(=O)CCO)cc2)[nH]1. The number of aliphatic hydroxyl groups is 1. The van der Waals surface area contributed by atoms with Gasteiger partial charge in [-0.25, -0.2) is 17.9 Å². The smallest absolute Gasteiger partial charge is 0.449 e. The van der Waals surface area contributed by atoms with Crippen LogP contribution in [-0.4, -0.2) is 46.9 Å². The quantitative estimate of drug-likeness (QED) is 0.656. The summed E-state index contributed by atoms with van der Waals surface area (Å²) < 4.78 is 28.8. The molecule has 0 bridgehead atoms. The third-order valence-corrected chi connectivity index (χ3v) is 4.42. The van der Waals surface area contributed by atoms with Crippen LogP contribution in [0.3, 0.4) is 0 Å². The van der Waals surface area contributed by atoms with Crippen molar-refractivity contribution in [1.29, 1.82) is 0 Å². The summed E-state index contributed by atoms with van der Waals surface area (Å²) in [5.74, 6) is -0.653. The lowest BCUT2D eigenvalue weighted by Gasteiger charge is -2.05. The lowest BCUT2D eigenvalue weighted by molar-refractivity contribution is 0.142. The van der Waals surface area contributed by atoms with E-state index < -0.39 is 33.9 Å². The standard InChI is InChI=1S/C12H12N2O7S/c15-5-6-22(19,20)9-3-1-8(2-4-9)14-11(16)7-10(13-14)21-12(17)18/h1-4,7,13,15H,5-6H2,(H,17,18). The van der Waals surface area contributed by atoms with Crippen molar-refractivity contribution in [2.45, 2.75) is 4.90 Å². The molecule has 0 aliphatic carbocycles. The van der Waals surface area contributed by atoms with E-state index in [2.05, 4.69) is 9.84 Å². The van der Waals surface area contributed by atoms with E-state index in [9.17, 15) is 18.0 Å². The molecule has 0 aliphatic heterocycles. The van der Waals surface area contributed by atoms with E-state index in [-0.39, 0.29) is 10.8 Å². The molecule has 0 radical (unpaired) electrons. The van der Waals surface area contributed by atoms with E-state index >= 15 is 0 Å². The third-order valence-electron chi connectivity index (χ3n) is 2.71. The maximum absolute atomic E-state index is 11.8. The molecular weight excluding hydrogens is 316 g/mol. The first-order valence-electron chi connectivity index (χ1n) is 6.00. The van der Waals surface area contributed by atoms with Crippen LogP contribution in [0.4, 0.5) is 4.79 Å². The normalized spacial score (nSPS) is 11.3. The van der Waals surface area contributed by atoms with Crippen molar-refractivity contribution < 1.29 is 28.2 Å². The molecule has 1 aromatic carbocycles. The van der Waals surface area contributed by atoms with E-state index in [4.69, 9.17) is 10.2 Å². The van der Waals surface area contributed by atoms with E-state index in [1.165, 1.54) is 24.3 Å². The van der Waals surface area contributed by atoms with Crippen molar-refractivity contribution in [1.82, 2.24) is 9.78 Å². The number of nitrogens with one attached hydrogen (secondary N) is 1. The number of carboxylic acid groups (broad SMARTS) is 1. The Morgan fingerprint density at radius 2 is 1.91 bits per heavy atom. The summed E-state index contributed by atoms with van der Waals surface area (Å²) in [6, 6.07) is 6.25. The topological polar surface area (TPSA) is 139 Å². The van der Waals surface area contributed by atoms with Gasteiger partial charge >= 0.3 is 6.16 Å². The Hall–Kier alpha value is -2.59. The molecule has 0 saturated carbocycles. The summed E-state index contributed by atoms with van der Waals surface area (Å²) >= 11 is 0. The molecule has 3 N–H and O–H groups in total. The van der Waals surface area contributed by atoms with Gasteiger partial charge in [0.15, 0.2) is 9.84 Å². The highest BCUT2D eigenvalue weighted by atomic mass is 32.2. The molecular formula is C12H12N2O7S. The molecule has 0 atom stereocenters. The van der Waals surface area contributed by atoms with Gasteiger partial charge in [-0.3, -0.25) is 9.89 Å². The first kappa shape index (κ1) is 15.8. The first-order chi connectivity index (χ1) is 10.3. The van der Waals surface area contributed by atoms with Crippen LogP contribution in [0.1, 0.15) is 0 Å². The number of benzene rings is 1. The zero-order valence-corrected chi connectivity index (χ0v) is 11.9. The minimum atomic E-state index is -3.58. The van der Waals surface area contributed by atoms with Gasteiger partial charge < -0.3 is 14.9 Å². The molecule has 10 heteroatoms. The fourth-order valence-electron chi connectivity index (χ4n) is 1.75. The predicted octanol–water partition coefficient (Wildman–Crippen LogP) is -0.0116. The van der Waals surface area contributed by atoms with E-state index in [1.807, 2.05) is 0 Å². The monoisotopic (exact) mass is 328 g/mol. The summed E-state index contributed by atoms with van der Waals surface area (Å²) in [6.07, 6.45) is -1.57. The van der Waals surface area contributed by atoms with Gasteiger partial charge in [0.1, 0.15) is 0 Å². The van der Waals surface area contributed by atoms with Crippen molar-refractivity contribution in [3.63, 3.8) is 0 Å². The van der Waals surface area contributed by atoms with Gasteiger partial charge in [0.2, 0.25) is 5.88 Å². The Morgan fingerprint density at radius 1 is 1.27 bits per heavy atom. The minimum absolute atomic E-state index is 0.00640. The van der Waals surface area contributed by atoms with Crippen LogP contribution in [0.25, 0.3) is 5.69 Å². The molecule has 0 saturated heterocycles. The number of aromatic amines is 1. The van der Waals surface area contributed by atoms with Crippen LogP contribution in [0.15, 0.2) is 40.0 Å². The third kappa shape index (κ3) is 3.35. The lowest BCUT2D eigenvalue weighted by Crippen LogP contribution is -2.14. The molecule has 2 aromatic rings. The molecule has 9 nitrogen and oxygen atoms in total. The van der Waals surface area contributed by atoms with Crippen molar-refractivity contribution in [3.05, 3.63) is 40.7 Å². The van der Waals surface area contributed by atoms with E-state index in [0.717, 1.165) is 10.7 Å². The number of sulfone groups is 1. The Kier molecular flexibility index (Phi) is 4.33. The fourth-order valence-corrected chi connectivity index (χ4v) is 2.78. The molecule has 0 fully saturated rings. The van der Waals surface area contributed by atoms with Gasteiger partial charge in [0.25, 0.3) is 5.56 Å². The van der Waals surface area contributed by atoms with Crippen molar-refractivity contribution in [3.8, 4) is 11.6 Å². The van der Waals surface area contributed by atoms with Gasteiger partial charge in [0, 0.05) is 0 Å². The maximum atomic E-state index is 11.8. The molecule has 0 amide bonds. The average molecular weight is 328 g/mol. The number of carbonyl (C=O) groups is 1. The van der Waals surface area contributed by atoms with Crippen LogP contribution in [0.2, 0.25) is 0 Å². The van der Waals surface area contributed by atoms with Gasteiger partial charge in [-0.05, 0) is 24.3 Å². The number of rotatable bonds is 5. The second kappa shape index (κ2) is 6.03. The van der Waals surface area contributed by atoms with Crippen LogP contribution < -0.4 is 10.3 Å². The first-order valence-corrected chi connectivity index (χ1v) is 7.65. The summed E-state index contributed by atoms with van der Waals surface area (Å²) in [7, 11) is -3.58. The number of nitrogens with zero attached hydrogens (tertiary/aromatic N) is 1. The van der Waals surface area contributed by atoms with Gasteiger partial charge in [-0.1, -0.05) is 0 Å². The summed E-state index contributed by atoms with van der Waals surface area (Å²) in [6.45, 7) is -0.490. The molecule has 0 aliphatic rings. The molecule has 118 valence electrons. The van der Waals surface area contributed by atoms with Gasteiger partial charge in [0.05, 0.1) is 29.0 Å². The van der Waals surface area contributed by atoms with Gasteiger partial charge in [-0.2, -0.15) is 0 Å². The summed E-state index contributed by atoms with van der Waals surface area (Å²) in [5.41, 5.74) is -0.268. The van der Waals surface area contributed by atoms with E-state index in [1.54, 1.807) is 0 Å². The number of aliphatic hydroxyl groups excluding tert-OH is 1. The minimum Gasteiger partial charge on any atom is -0.449 e. The molecule has 2 rings (SSSR count). The molecule has 22 heavy (non-hydrogen) atoms. The van der Waals surface area contributed by atoms with E-state index in [0.29, 0.717) is 5.69 Å². The Balaban J connectivity index is 2.33. The zero-order valence-electron chi connectivity index (χ0n) is 11.1. The molecule has 0 unspecified atom stereocenters. The molecule has 1 heterocycles. The van der Waals surface area contributed by atoms with Crippen molar-refractivity contribution in [2.75, 3.05) is 12.4 Å². The van der Waals surface area contributed by atoms with Crippen molar-refractivity contribution in [2.24, 2.45) is 0 Å². The second-order valence-electron chi connectivity index (χ2n) is 4.20. The second-order valence-corrected chi connectivity index (χ2v) is 6.31. The van der Waals surface area contributed by atoms with Crippen LogP contribution in [0.5, 0.6) is 5.88 Å². The summed E-state index contributed by atoms with van der Waals surface area (Å²) in [5, 5.41) is 19.6. The Morgan fingerprint density at radius 3 is 2.45 bits per heavy atom. The number of hydrogen-bond donors (Lipinski definition) is 3. The molecule has 1 aromatic heterocycles. The maximum Gasteiger partial charge on any atom is 0.512 e. The highest BCUT2D eigenvalue weighted by Crippen LogP contribution is 2.15. The number of aromatic nitrogens is 2. The van der Waals surface area contributed by atoms with Crippen LogP contribution in [-0.2, 0) is 9.84 Å². The van der Waals surface area contributed by atoms with Gasteiger partial charge in [-0.15, -0.1) is 0 Å². The highest BCUT2D eigenvalue weighted by molar-refractivity contribution is 7.91. The van der Waals surface area contributed by atoms with Crippen LogP contribution >= 0.6 is 0 Å². The van der Waals surface area contributed by atoms with Crippen molar-refractivity contribution >= 4 is 16.0 Å². The largest absolute Gasteiger partial charge is 0.512 e. The zero-order chi connectivity index (χ0) is 16.3. The Labute approximate surface area is 124 Å². The molecule has 0 spiro atoms. The fraction of sp³-hybridized carbons (Fsp3) is 0.167. The summed E-state index contributed by atoms with van der Waals surface area (Å²) in [4.78, 5) is 22.1. The lowest BCUT2D eigenvalue weighted by atomic mass is 10.3. The van der Waals surface area contributed by atoms with Crippen LogP contribution in [0, 0.1) is 0 Å². The number of ether oxygens (including phenoxy) is 1. The number of hydrogen-bond acceptors (Lipinski definition) is 6.